The van der Waals surface area contributed by atoms with E-state index in [9.17, 15) is 0 Å². The van der Waals surface area contributed by atoms with Crippen molar-refractivity contribution in [2.75, 3.05) is 0 Å². The summed E-state index contributed by atoms with van der Waals surface area (Å²) in [5.74, 6) is 0. The number of rotatable bonds is 2. The number of nitrogens with two attached hydrogens (primary N) is 1. The van der Waals surface area contributed by atoms with Gasteiger partial charge in [-0.15, -0.1) is 11.3 Å². The summed E-state index contributed by atoms with van der Waals surface area (Å²) in [5, 5.41) is 2.17. The van der Waals surface area contributed by atoms with Crippen LogP contribution >= 0.6 is 11.3 Å². The van der Waals surface area contributed by atoms with Crippen LogP contribution in [0, 0.1) is 0 Å². The molecule has 2 aromatic heterocycles. The Morgan fingerprint density at radius 2 is 1.64 bits per heavy atom. The SMILES string of the molecule is NC(c1nc2ccccc2s1)c1c2c(nc3ccccc13)CCCC2. The van der Waals surface area contributed by atoms with Crippen molar-refractivity contribution in [3.63, 3.8) is 0 Å². The van der Waals surface area contributed by atoms with Crippen molar-refractivity contribution in [1.29, 1.82) is 0 Å². The largest absolute Gasteiger partial charge is 0.318 e. The van der Waals surface area contributed by atoms with E-state index in [1.807, 2.05) is 6.07 Å². The Morgan fingerprint density at radius 3 is 2.52 bits per heavy atom. The van der Waals surface area contributed by atoms with E-state index < -0.39 is 0 Å². The normalized spacial score (nSPS) is 15.4. The first-order chi connectivity index (χ1) is 12.3. The second-order valence-corrected chi connectivity index (χ2v) is 7.73. The summed E-state index contributed by atoms with van der Waals surface area (Å²) in [5.41, 5.74) is 12.7. The van der Waals surface area contributed by atoms with Gasteiger partial charge in [-0.05, 0) is 55.0 Å². The average Bonchev–Trinajstić information content (AvgIpc) is 3.10. The van der Waals surface area contributed by atoms with E-state index in [1.165, 1.54) is 39.7 Å². The average molecular weight is 345 g/mol. The second kappa shape index (κ2) is 5.90. The van der Waals surface area contributed by atoms with Crippen LogP contribution in [-0.2, 0) is 12.8 Å². The van der Waals surface area contributed by atoms with Gasteiger partial charge in [0.15, 0.2) is 0 Å². The molecule has 2 N–H and O–H groups in total. The maximum atomic E-state index is 6.79. The zero-order chi connectivity index (χ0) is 16.8. The number of fused-ring (bicyclic) bond motifs is 3. The van der Waals surface area contributed by atoms with Gasteiger partial charge in [-0.25, -0.2) is 4.98 Å². The van der Waals surface area contributed by atoms with Gasteiger partial charge in [0.25, 0.3) is 0 Å². The maximum absolute atomic E-state index is 6.79. The van der Waals surface area contributed by atoms with Crippen molar-refractivity contribution in [2.24, 2.45) is 5.73 Å². The zero-order valence-corrected chi connectivity index (χ0v) is 14.7. The summed E-state index contributed by atoms with van der Waals surface area (Å²) in [4.78, 5) is 9.74. The molecule has 0 fully saturated rings. The van der Waals surface area contributed by atoms with Crippen molar-refractivity contribution in [3.05, 3.63) is 70.4 Å². The first kappa shape index (κ1) is 15.0. The van der Waals surface area contributed by atoms with Crippen LogP contribution in [0.15, 0.2) is 48.5 Å². The first-order valence-electron chi connectivity index (χ1n) is 8.83. The van der Waals surface area contributed by atoms with Gasteiger partial charge < -0.3 is 5.73 Å². The van der Waals surface area contributed by atoms with E-state index in [1.54, 1.807) is 11.3 Å². The molecule has 5 rings (SSSR count). The lowest BCUT2D eigenvalue weighted by Crippen LogP contribution is -2.18. The summed E-state index contributed by atoms with van der Waals surface area (Å²) < 4.78 is 1.19. The second-order valence-electron chi connectivity index (χ2n) is 6.67. The molecule has 0 amide bonds. The van der Waals surface area contributed by atoms with Crippen molar-refractivity contribution in [2.45, 2.75) is 31.7 Å². The number of nitrogens with zero attached hydrogens (tertiary/aromatic N) is 2. The van der Waals surface area contributed by atoms with Crippen LogP contribution in [0.4, 0.5) is 0 Å². The fourth-order valence-corrected chi connectivity index (χ4v) is 4.89. The standard InChI is InChI=1S/C21H19N3S/c22-20(21-24-17-11-5-6-12-18(17)25-21)19-13-7-1-3-9-15(13)23-16-10-4-2-8-14(16)19/h1,3,5-7,9,11-12,20H,2,4,8,10,22H2. The topological polar surface area (TPSA) is 51.8 Å². The van der Waals surface area contributed by atoms with Crippen LogP contribution in [0.3, 0.4) is 0 Å². The third kappa shape index (κ3) is 2.44. The van der Waals surface area contributed by atoms with Crippen molar-refractivity contribution >= 4 is 32.5 Å². The number of pyridine rings is 1. The molecule has 0 aliphatic heterocycles. The van der Waals surface area contributed by atoms with E-state index in [2.05, 4.69) is 42.5 Å². The van der Waals surface area contributed by atoms with Gasteiger partial charge in [0, 0.05) is 11.1 Å². The quantitative estimate of drug-likeness (QED) is 0.569. The molecular formula is C21H19N3S. The Hall–Kier alpha value is -2.30. The van der Waals surface area contributed by atoms with Crippen LogP contribution < -0.4 is 5.73 Å². The molecule has 1 aliphatic carbocycles. The highest BCUT2D eigenvalue weighted by molar-refractivity contribution is 7.18. The molecule has 2 heterocycles. The lowest BCUT2D eigenvalue weighted by molar-refractivity contribution is 0.658. The molecule has 0 saturated carbocycles. The fourth-order valence-electron chi connectivity index (χ4n) is 3.91. The molecule has 4 aromatic rings. The summed E-state index contributed by atoms with van der Waals surface area (Å²) in [6, 6.07) is 16.4. The van der Waals surface area contributed by atoms with Crippen LogP contribution in [-0.4, -0.2) is 9.97 Å². The molecule has 2 aromatic carbocycles. The maximum Gasteiger partial charge on any atom is 0.115 e. The third-order valence-corrected chi connectivity index (χ3v) is 6.22. The number of hydrogen-bond donors (Lipinski definition) is 1. The summed E-state index contributed by atoms with van der Waals surface area (Å²) in [6.07, 6.45) is 4.56. The Bertz CT molecular complexity index is 1050. The van der Waals surface area contributed by atoms with Gasteiger partial charge in [0.1, 0.15) is 5.01 Å². The molecule has 1 aliphatic rings. The molecule has 0 bridgehead atoms. The Morgan fingerprint density at radius 1 is 0.880 bits per heavy atom. The Labute approximate surface area is 150 Å². The van der Waals surface area contributed by atoms with Gasteiger partial charge in [0.2, 0.25) is 0 Å². The monoisotopic (exact) mass is 345 g/mol. The van der Waals surface area contributed by atoms with E-state index in [0.29, 0.717) is 0 Å². The molecule has 0 spiro atoms. The zero-order valence-electron chi connectivity index (χ0n) is 13.9. The predicted octanol–water partition coefficient (Wildman–Crippen LogP) is 4.77. The molecular weight excluding hydrogens is 326 g/mol. The molecule has 25 heavy (non-hydrogen) atoms. The Balaban J connectivity index is 1.75. The van der Waals surface area contributed by atoms with Gasteiger partial charge in [-0.2, -0.15) is 0 Å². The number of aromatic nitrogens is 2. The molecule has 1 atom stereocenters. The van der Waals surface area contributed by atoms with E-state index in [-0.39, 0.29) is 6.04 Å². The van der Waals surface area contributed by atoms with Crippen LogP contribution in [0.5, 0.6) is 0 Å². The van der Waals surface area contributed by atoms with Gasteiger partial charge in [0.05, 0.1) is 21.8 Å². The number of thiazole rings is 1. The van der Waals surface area contributed by atoms with Gasteiger partial charge in [-0.3, -0.25) is 4.98 Å². The highest BCUT2D eigenvalue weighted by Crippen LogP contribution is 2.37. The lowest BCUT2D eigenvalue weighted by atomic mass is 9.87. The molecule has 4 heteroatoms. The number of hydrogen-bond acceptors (Lipinski definition) is 4. The minimum Gasteiger partial charge on any atom is -0.318 e. The van der Waals surface area contributed by atoms with E-state index >= 15 is 0 Å². The van der Waals surface area contributed by atoms with Crippen molar-refractivity contribution in [3.8, 4) is 0 Å². The lowest BCUT2D eigenvalue weighted by Gasteiger charge is -2.23. The van der Waals surface area contributed by atoms with Crippen LogP contribution in [0.2, 0.25) is 0 Å². The molecule has 1 unspecified atom stereocenters. The van der Waals surface area contributed by atoms with Crippen LogP contribution in [0.1, 0.15) is 40.7 Å². The predicted molar refractivity (Wildman–Crippen MR) is 104 cm³/mol. The summed E-state index contributed by atoms with van der Waals surface area (Å²) >= 11 is 1.70. The van der Waals surface area contributed by atoms with Gasteiger partial charge in [-0.1, -0.05) is 30.3 Å². The van der Waals surface area contributed by atoms with E-state index in [4.69, 9.17) is 15.7 Å². The number of benzene rings is 2. The minimum atomic E-state index is -0.197. The van der Waals surface area contributed by atoms with Gasteiger partial charge >= 0.3 is 0 Å². The summed E-state index contributed by atoms with van der Waals surface area (Å²) in [6.45, 7) is 0. The number of aryl methyl sites for hydroxylation is 1. The van der Waals surface area contributed by atoms with E-state index in [0.717, 1.165) is 28.9 Å². The molecule has 0 radical (unpaired) electrons. The molecule has 0 saturated heterocycles. The highest BCUT2D eigenvalue weighted by atomic mass is 32.1. The molecule has 124 valence electrons. The van der Waals surface area contributed by atoms with Crippen LogP contribution in [0.25, 0.3) is 21.1 Å². The minimum absolute atomic E-state index is 0.197. The highest BCUT2D eigenvalue weighted by Gasteiger charge is 2.24. The Kier molecular flexibility index (Phi) is 3.54. The smallest absolute Gasteiger partial charge is 0.115 e. The number of para-hydroxylation sites is 2. The van der Waals surface area contributed by atoms with Crippen molar-refractivity contribution in [1.82, 2.24) is 9.97 Å². The fraction of sp³-hybridized carbons (Fsp3) is 0.238. The summed E-state index contributed by atoms with van der Waals surface area (Å²) in [7, 11) is 0. The van der Waals surface area contributed by atoms with Crippen molar-refractivity contribution < 1.29 is 0 Å². The third-order valence-electron chi connectivity index (χ3n) is 5.10. The first-order valence-corrected chi connectivity index (χ1v) is 9.64. The molecule has 3 nitrogen and oxygen atoms in total.